The Hall–Kier alpha value is -0.0500. The van der Waals surface area contributed by atoms with Gasteiger partial charge in [0.15, 0.2) is 0 Å². The van der Waals surface area contributed by atoms with Gasteiger partial charge in [0.2, 0.25) is 0 Å². The van der Waals surface area contributed by atoms with Crippen molar-refractivity contribution in [1.82, 2.24) is 5.32 Å². The molecule has 9 heteroatoms. The molecule has 6 N–H and O–H groups in total. The Bertz CT molecular complexity index is 368. The third kappa shape index (κ3) is 3.17. The maximum atomic E-state index is 11.8. The minimum absolute atomic E-state index is 0.0792. The van der Waals surface area contributed by atoms with Gasteiger partial charge >= 0.3 is 7.60 Å². The standard InChI is InChI=1S/C10H20NO7P/c12-7-6(11-10(15)9(14)8(7)13)4-5-2-1-3-18-19(5,16)17/h5-15H,1-4H2,(H,16,17)/t5?,6-,7-,8+,9+,10-/m1/s1. The quantitative estimate of drug-likeness (QED) is 0.325. The first-order chi connectivity index (χ1) is 8.83. The highest BCUT2D eigenvalue weighted by molar-refractivity contribution is 7.53. The van der Waals surface area contributed by atoms with Crippen LogP contribution in [-0.2, 0) is 9.09 Å². The normalized spacial score (nSPS) is 52.1. The fourth-order valence-electron chi connectivity index (χ4n) is 2.58. The van der Waals surface area contributed by atoms with Crippen molar-refractivity contribution in [3.05, 3.63) is 0 Å². The van der Waals surface area contributed by atoms with Gasteiger partial charge in [0, 0.05) is 6.04 Å². The summed E-state index contributed by atoms with van der Waals surface area (Å²) >= 11 is 0. The van der Waals surface area contributed by atoms with Crippen LogP contribution in [0.1, 0.15) is 19.3 Å². The summed E-state index contributed by atoms with van der Waals surface area (Å²) < 4.78 is 16.7. The third-order valence-electron chi connectivity index (χ3n) is 3.77. The summed E-state index contributed by atoms with van der Waals surface area (Å²) in [7, 11) is -3.72. The summed E-state index contributed by atoms with van der Waals surface area (Å²) in [6, 6.07) is -0.777. The lowest BCUT2D eigenvalue weighted by atomic mass is 9.91. The number of hydrogen-bond donors (Lipinski definition) is 6. The minimum atomic E-state index is -3.72. The molecule has 2 unspecified atom stereocenters. The highest BCUT2D eigenvalue weighted by Gasteiger charge is 2.45. The lowest BCUT2D eigenvalue weighted by molar-refractivity contribution is -0.157. The molecule has 0 aromatic heterocycles. The molecule has 0 aromatic carbocycles. The molecular weight excluding hydrogens is 277 g/mol. The van der Waals surface area contributed by atoms with Crippen LogP contribution >= 0.6 is 7.60 Å². The molecule has 0 amide bonds. The molecule has 0 bridgehead atoms. The van der Waals surface area contributed by atoms with E-state index in [0.717, 1.165) is 0 Å². The Kier molecular flexibility index (Phi) is 4.64. The van der Waals surface area contributed by atoms with E-state index in [1.165, 1.54) is 0 Å². The largest absolute Gasteiger partial charge is 0.389 e. The van der Waals surface area contributed by atoms with Crippen molar-refractivity contribution >= 4 is 7.60 Å². The molecule has 0 spiro atoms. The zero-order valence-corrected chi connectivity index (χ0v) is 11.2. The first kappa shape index (κ1) is 15.3. The average Bonchev–Trinajstić information content (AvgIpc) is 2.35. The van der Waals surface area contributed by atoms with Gasteiger partial charge in [0.1, 0.15) is 18.4 Å². The Morgan fingerprint density at radius 2 is 1.84 bits per heavy atom. The van der Waals surface area contributed by atoms with Gasteiger partial charge in [-0.25, -0.2) is 0 Å². The molecule has 2 aliphatic rings. The summed E-state index contributed by atoms with van der Waals surface area (Å²) in [5.41, 5.74) is -0.650. The molecule has 8 nitrogen and oxygen atoms in total. The van der Waals surface area contributed by atoms with Gasteiger partial charge in [-0.15, -0.1) is 0 Å². The monoisotopic (exact) mass is 297 g/mol. The molecule has 0 aromatic rings. The van der Waals surface area contributed by atoms with E-state index >= 15 is 0 Å². The molecule has 112 valence electrons. The summed E-state index contributed by atoms with van der Waals surface area (Å²) in [5.74, 6) is 0. The Morgan fingerprint density at radius 3 is 2.47 bits per heavy atom. The van der Waals surface area contributed by atoms with Gasteiger partial charge in [-0.3, -0.25) is 9.88 Å². The van der Waals surface area contributed by atoms with E-state index in [-0.39, 0.29) is 13.0 Å². The second-order valence-electron chi connectivity index (χ2n) is 5.12. The lowest BCUT2D eigenvalue weighted by Gasteiger charge is -2.41. The van der Waals surface area contributed by atoms with E-state index < -0.39 is 43.8 Å². The van der Waals surface area contributed by atoms with Crippen LogP contribution in [0.3, 0.4) is 0 Å². The van der Waals surface area contributed by atoms with Crippen molar-refractivity contribution in [2.75, 3.05) is 6.61 Å². The zero-order valence-electron chi connectivity index (χ0n) is 10.3. The Morgan fingerprint density at radius 1 is 1.16 bits per heavy atom. The van der Waals surface area contributed by atoms with Crippen molar-refractivity contribution < 1.29 is 34.4 Å². The predicted molar refractivity (Wildman–Crippen MR) is 64.4 cm³/mol. The molecule has 0 saturated carbocycles. The lowest BCUT2D eigenvalue weighted by Crippen LogP contribution is -2.65. The molecule has 2 rings (SSSR count). The second kappa shape index (κ2) is 5.75. The van der Waals surface area contributed by atoms with E-state index in [1.807, 2.05) is 0 Å². The van der Waals surface area contributed by atoms with Crippen LogP contribution in [0, 0.1) is 0 Å². The van der Waals surface area contributed by atoms with Crippen LogP contribution in [0.25, 0.3) is 0 Å². The number of aliphatic hydroxyl groups excluding tert-OH is 4. The fraction of sp³-hybridized carbons (Fsp3) is 1.00. The number of hydrogen-bond acceptors (Lipinski definition) is 7. The van der Waals surface area contributed by atoms with Crippen LogP contribution in [0.15, 0.2) is 0 Å². The number of piperidine rings is 1. The molecule has 0 radical (unpaired) electrons. The van der Waals surface area contributed by atoms with E-state index in [1.54, 1.807) is 0 Å². The van der Waals surface area contributed by atoms with Crippen molar-refractivity contribution in [2.24, 2.45) is 0 Å². The SMILES string of the molecule is O=P1(O)OCCCC1C[C@H]1N[C@H](O)[C@@H](O)[C@@H](O)[C@@H]1O. The zero-order chi connectivity index (χ0) is 14.2. The molecule has 2 fully saturated rings. The van der Waals surface area contributed by atoms with Gasteiger partial charge in [-0.1, -0.05) is 0 Å². The molecule has 2 heterocycles. The maximum Gasteiger partial charge on any atom is 0.331 e. The predicted octanol–water partition coefficient (Wildman–Crippen LogP) is -1.89. The maximum absolute atomic E-state index is 11.8. The molecule has 2 aliphatic heterocycles. The molecular formula is C10H20NO7P. The molecule has 0 aliphatic carbocycles. The Balaban J connectivity index is 2.03. The number of rotatable bonds is 2. The van der Waals surface area contributed by atoms with Gasteiger partial charge < -0.3 is 29.8 Å². The van der Waals surface area contributed by atoms with E-state index in [4.69, 9.17) is 4.52 Å². The summed E-state index contributed by atoms with van der Waals surface area (Å²) in [6.45, 7) is 0.231. The topological polar surface area (TPSA) is 139 Å². The fourth-order valence-corrected chi connectivity index (χ4v) is 4.18. The van der Waals surface area contributed by atoms with Crippen LogP contribution in [0.4, 0.5) is 0 Å². The van der Waals surface area contributed by atoms with Gasteiger partial charge in [0.25, 0.3) is 0 Å². The van der Waals surface area contributed by atoms with Gasteiger partial charge in [-0.2, -0.15) is 0 Å². The first-order valence-electron chi connectivity index (χ1n) is 6.28. The smallest absolute Gasteiger partial charge is 0.331 e. The molecule has 2 saturated heterocycles. The van der Waals surface area contributed by atoms with Crippen LogP contribution in [-0.4, -0.2) is 68.2 Å². The van der Waals surface area contributed by atoms with Crippen molar-refractivity contribution in [3.63, 3.8) is 0 Å². The third-order valence-corrected chi connectivity index (χ3v) is 5.71. The highest BCUT2D eigenvalue weighted by atomic mass is 31.2. The van der Waals surface area contributed by atoms with Crippen LogP contribution < -0.4 is 5.32 Å². The minimum Gasteiger partial charge on any atom is -0.389 e. The number of nitrogens with one attached hydrogen (secondary N) is 1. The first-order valence-corrected chi connectivity index (χ1v) is 7.93. The summed E-state index contributed by atoms with van der Waals surface area (Å²) in [6.07, 6.45) is -4.49. The van der Waals surface area contributed by atoms with Crippen molar-refractivity contribution in [2.45, 2.75) is 55.5 Å². The summed E-state index contributed by atoms with van der Waals surface area (Å²) in [5, 5.41) is 40.8. The second-order valence-corrected chi connectivity index (χ2v) is 7.24. The van der Waals surface area contributed by atoms with Gasteiger partial charge in [-0.05, 0) is 19.3 Å². The Labute approximate surface area is 110 Å². The van der Waals surface area contributed by atoms with Gasteiger partial charge in [0.05, 0.1) is 18.4 Å². The van der Waals surface area contributed by atoms with Crippen molar-refractivity contribution in [3.8, 4) is 0 Å². The van der Waals surface area contributed by atoms with E-state index in [9.17, 15) is 29.9 Å². The highest BCUT2D eigenvalue weighted by Crippen LogP contribution is 2.54. The van der Waals surface area contributed by atoms with Crippen LogP contribution in [0.2, 0.25) is 0 Å². The molecule has 7 atom stereocenters. The summed E-state index contributed by atoms with van der Waals surface area (Å²) in [4.78, 5) is 9.68. The average molecular weight is 297 g/mol. The van der Waals surface area contributed by atoms with E-state index in [2.05, 4.69) is 5.32 Å². The number of aliphatic hydroxyl groups is 4. The van der Waals surface area contributed by atoms with E-state index in [0.29, 0.717) is 12.8 Å². The van der Waals surface area contributed by atoms with Crippen molar-refractivity contribution in [1.29, 1.82) is 0 Å². The van der Waals surface area contributed by atoms with Crippen LogP contribution in [0.5, 0.6) is 0 Å². The molecule has 19 heavy (non-hydrogen) atoms.